The summed E-state index contributed by atoms with van der Waals surface area (Å²) in [7, 11) is 0. The van der Waals surface area contributed by atoms with E-state index in [1.807, 2.05) is 18.2 Å². The normalized spacial score (nSPS) is 23.5. The topological polar surface area (TPSA) is 49.5 Å². The molecule has 1 aliphatic heterocycles. The predicted octanol–water partition coefficient (Wildman–Crippen LogP) is 2.82. The standard InChI is InChI=1S/C16H25ClN2O/c1-2-15(18)16(13-7-3-4-8-14(13)17)19-9-5-6-12(10-19)11-20/h3-4,7-8,12,15-16,20H,2,5-6,9-11,18H2,1H3. The van der Waals surface area contributed by atoms with E-state index in [1.165, 1.54) is 0 Å². The van der Waals surface area contributed by atoms with Crippen molar-refractivity contribution in [2.75, 3.05) is 19.7 Å². The molecule has 0 saturated carbocycles. The minimum Gasteiger partial charge on any atom is -0.396 e. The summed E-state index contributed by atoms with van der Waals surface area (Å²) < 4.78 is 0. The number of hydrogen-bond acceptors (Lipinski definition) is 3. The summed E-state index contributed by atoms with van der Waals surface area (Å²) in [5, 5.41) is 10.2. The Kier molecular flexibility index (Phi) is 5.85. The molecule has 1 fully saturated rings. The maximum atomic E-state index is 9.43. The second-order valence-electron chi connectivity index (χ2n) is 5.72. The molecule has 3 N–H and O–H groups in total. The second-order valence-corrected chi connectivity index (χ2v) is 6.13. The molecule has 0 amide bonds. The number of likely N-dealkylation sites (tertiary alicyclic amines) is 1. The molecular formula is C16H25ClN2O. The Morgan fingerprint density at radius 1 is 1.45 bits per heavy atom. The molecule has 20 heavy (non-hydrogen) atoms. The fraction of sp³-hybridized carbons (Fsp3) is 0.625. The molecule has 4 heteroatoms. The summed E-state index contributed by atoms with van der Waals surface area (Å²) >= 11 is 6.38. The van der Waals surface area contributed by atoms with E-state index in [-0.39, 0.29) is 18.7 Å². The second kappa shape index (κ2) is 7.41. The highest BCUT2D eigenvalue weighted by Crippen LogP contribution is 2.33. The van der Waals surface area contributed by atoms with E-state index in [1.54, 1.807) is 0 Å². The van der Waals surface area contributed by atoms with Crippen LogP contribution in [-0.4, -0.2) is 35.7 Å². The Morgan fingerprint density at radius 2 is 2.20 bits per heavy atom. The maximum Gasteiger partial charge on any atom is 0.0513 e. The van der Waals surface area contributed by atoms with Crippen molar-refractivity contribution in [1.82, 2.24) is 4.90 Å². The van der Waals surface area contributed by atoms with Gasteiger partial charge in [-0.15, -0.1) is 0 Å². The van der Waals surface area contributed by atoms with Gasteiger partial charge in [-0.2, -0.15) is 0 Å². The molecule has 1 aliphatic rings. The van der Waals surface area contributed by atoms with Crippen LogP contribution < -0.4 is 5.73 Å². The van der Waals surface area contributed by atoms with Crippen LogP contribution in [0.4, 0.5) is 0 Å². The van der Waals surface area contributed by atoms with E-state index in [9.17, 15) is 5.11 Å². The highest BCUT2D eigenvalue weighted by Gasteiger charge is 2.31. The molecule has 0 aliphatic carbocycles. The Bertz CT molecular complexity index is 427. The summed E-state index contributed by atoms with van der Waals surface area (Å²) in [5.41, 5.74) is 7.49. The van der Waals surface area contributed by atoms with E-state index < -0.39 is 0 Å². The molecule has 3 atom stereocenters. The van der Waals surface area contributed by atoms with Gasteiger partial charge in [0.05, 0.1) is 6.04 Å². The molecule has 1 aromatic carbocycles. The largest absolute Gasteiger partial charge is 0.396 e. The van der Waals surface area contributed by atoms with Gasteiger partial charge in [0, 0.05) is 24.2 Å². The molecule has 0 bridgehead atoms. The van der Waals surface area contributed by atoms with Gasteiger partial charge < -0.3 is 10.8 Å². The van der Waals surface area contributed by atoms with Crippen LogP contribution in [0.25, 0.3) is 0 Å². The number of nitrogens with two attached hydrogens (primary N) is 1. The first kappa shape index (κ1) is 15.8. The molecule has 1 heterocycles. The third kappa shape index (κ3) is 3.53. The zero-order valence-corrected chi connectivity index (χ0v) is 12.9. The van der Waals surface area contributed by atoms with Crippen LogP contribution in [0.5, 0.6) is 0 Å². The first-order valence-electron chi connectivity index (χ1n) is 7.52. The molecule has 3 unspecified atom stereocenters. The van der Waals surface area contributed by atoms with Gasteiger partial charge in [-0.25, -0.2) is 0 Å². The monoisotopic (exact) mass is 296 g/mol. The number of piperidine rings is 1. The number of rotatable bonds is 5. The van der Waals surface area contributed by atoms with Gasteiger partial charge in [-0.05, 0) is 43.4 Å². The van der Waals surface area contributed by atoms with E-state index in [0.29, 0.717) is 5.92 Å². The number of aliphatic hydroxyl groups is 1. The van der Waals surface area contributed by atoms with Crippen LogP contribution in [0.1, 0.15) is 37.8 Å². The van der Waals surface area contributed by atoms with Gasteiger partial charge in [0.15, 0.2) is 0 Å². The molecule has 0 radical (unpaired) electrons. The lowest BCUT2D eigenvalue weighted by atomic mass is 9.91. The zero-order chi connectivity index (χ0) is 14.5. The van der Waals surface area contributed by atoms with Crippen molar-refractivity contribution in [3.8, 4) is 0 Å². The number of halogens is 1. The van der Waals surface area contributed by atoms with E-state index in [4.69, 9.17) is 17.3 Å². The van der Waals surface area contributed by atoms with Crippen molar-refractivity contribution < 1.29 is 5.11 Å². The Hall–Kier alpha value is -0.610. The minimum absolute atomic E-state index is 0.0624. The van der Waals surface area contributed by atoms with Crippen LogP contribution in [0, 0.1) is 5.92 Å². The summed E-state index contributed by atoms with van der Waals surface area (Å²) in [6.45, 7) is 4.30. The SMILES string of the molecule is CCC(N)C(c1ccccc1Cl)N1CCCC(CO)C1. The summed E-state index contributed by atoms with van der Waals surface area (Å²) in [6, 6.07) is 8.18. The molecule has 3 nitrogen and oxygen atoms in total. The van der Waals surface area contributed by atoms with Crippen LogP contribution >= 0.6 is 11.6 Å². The van der Waals surface area contributed by atoms with Gasteiger partial charge in [0.25, 0.3) is 0 Å². The Balaban J connectivity index is 2.26. The van der Waals surface area contributed by atoms with E-state index in [0.717, 1.165) is 42.9 Å². The van der Waals surface area contributed by atoms with Gasteiger partial charge >= 0.3 is 0 Å². The summed E-state index contributed by atoms with van der Waals surface area (Å²) in [6.07, 6.45) is 3.13. The zero-order valence-electron chi connectivity index (χ0n) is 12.1. The molecule has 1 aromatic rings. The van der Waals surface area contributed by atoms with Crippen LogP contribution in [0.2, 0.25) is 5.02 Å². The minimum atomic E-state index is 0.0624. The third-order valence-electron chi connectivity index (χ3n) is 4.30. The van der Waals surface area contributed by atoms with Crippen molar-refractivity contribution in [3.63, 3.8) is 0 Å². The summed E-state index contributed by atoms with van der Waals surface area (Å²) in [4.78, 5) is 2.40. The van der Waals surface area contributed by atoms with Gasteiger partial charge in [0.1, 0.15) is 0 Å². The van der Waals surface area contributed by atoms with Crippen molar-refractivity contribution in [2.24, 2.45) is 11.7 Å². The number of aliphatic hydroxyl groups excluding tert-OH is 1. The number of benzene rings is 1. The van der Waals surface area contributed by atoms with Crippen molar-refractivity contribution in [3.05, 3.63) is 34.9 Å². The number of nitrogens with zero attached hydrogens (tertiary/aromatic N) is 1. The number of hydrogen-bond donors (Lipinski definition) is 2. The molecule has 112 valence electrons. The highest BCUT2D eigenvalue weighted by atomic mass is 35.5. The Labute approximate surface area is 126 Å². The maximum absolute atomic E-state index is 9.43. The average Bonchev–Trinajstić information content (AvgIpc) is 2.49. The smallest absolute Gasteiger partial charge is 0.0513 e. The lowest BCUT2D eigenvalue weighted by molar-refractivity contribution is 0.0764. The van der Waals surface area contributed by atoms with E-state index in [2.05, 4.69) is 17.9 Å². The quantitative estimate of drug-likeness (QED) is 0.878. The highest BCUT2D eigenvalue weighted by molar-refractivity contribution is 6.31. The molecule has 0 spiro atoms. The molecular weight excluding hydrogens is 272 g/mol. The fourth-order valence-corrected chi connectivity index (χ4v) is 3.38. The summed E-state index contributed by atoms with van der Waals surface area (Å²) in [5.74, 6) is 0.359. The van der Waals surface area contributed by atoms with E-state index >= 15 is 0 Å². The van der Waals surface area contributed by atoms with Gasteiger partial charge in [-0.1, -0.05) is 36.7 Å². The average molecular weight is 297 g/mol. The fourth-order valence-electron chi connectivity index (χ4n) is 3.14. The first-order valence-corrected chi connectivity index (χ1v) is 7.90. The first-order chi connectivity index (χ1) is 9.67. The molecule has 2 rings (SSSR count). The van der Waals surface area contributed by atoms with Crippen LogP contribution in [-0.2, 0) is 0 Å². The molecule has 0 aromatic heterocycles. The van der Waals surface area contributed by atoms with Crippen LogP contribution in [0.3, 0.4) is 0 Å². The van der Waals surface area contributed by atoms with Crippen molar-refractivity contribution in [2.45, 2.75) is 38.3 Å². The molecule has 1 saturated heterocycles. The Morgan fingerprint density at radius 3 is 2.85 bits per heavy atom. The van der Waals surface area contributed by atoms with Crippen LogP contribution in [0.15, 0.2) is 24.3 Å². The van der Waals surface area contributed by atoms with Gasteiger partial charge in [-0.3, -0.25) is 4.90 Å². The third-order valence-corrected chi connectivity index (χ3v) is 4.65. The van der Waals surface area contributed by atoms with Crippen molar-refractivity contribution in [1.29, 1.82) is 0 Å². The van der Waals surface area contributed by atoms with Gasteiger partial charge in [0.2, 0.25) is 0 Å². The lowest BCUT2D eigenvalue weighted by Crippen LogP contribution is -2.46. The predicted molar refractivity (Wildman–Crippen MR) is 83.8 cm³/mol. The lowest BCUT2D eigenvalue weighted by Gasteiger charge is -2.40. The van der Waals surface area contributed by atoms with Crippen molar-refractivity contribution >= 4 is 11.6 Å².